The van der Waals surface area contributed by atoms with Gasteiger partial charge in [-0.2, -0.15) is 0 Å². The molecular formula is C11H19N3O6S. The summed E-state index contributed by atoms with van der Waals surface area (Å²) in [5, 5.41) is 28.9. The third-order valence-electron chi connectivity index (χ3n) is 3.38. The van der Waals surface area contributed by atoms with Gasteiger partial charge in [-0.05, 0) is 6.92 Å². The standard InChI is InChI=1S/C11H19N3O6S/c1-6-9(15)11(17)10(16)7(20-6)3-13-21(18,19)8-4-14(2)5-12-8/h4-7,9-11,13,15-17H,3H2,1-2H3. The maximum atomic E-state index is 12.0. The second-order valence-corrected chi connectivity index (χ2v) is 6.79. The Hall–Kier alpha value is -1.04. The lowest BCUT2D eigenvalue weighted by atomic mass is 9.96. The Labute approximate surface area is 122 Å². The van der Waals surface area contributed by atoms with Crippen molar-refractivity contribution in [2.45, 2.75) is 42.5 Å². The van der Waals surface area contributed by atoms with E-state index in [1.165, 1.54) is 24.0 Å². The van der Waals surface area contributed by atoms with E-state index in [0.29, 0.717) is 0 Å². The van der Waals surface area contributed by atoms with Crippen LogP contribution in [0.2, 0.25) is 0 Å². The number of aryl methyl sites for hydroxylation is 1. The van der Waals surface area contributed by atoms with Gasteiger partial charge in [0.2, 0.25) is 0 Å². The van der Waals surface area contributed by atoms with Gasteiger partial charge in [-0.25, -0.2) is 18.1 Å². The van der Waals surface area contributed by atoms with Crippen molar-refractivity contribution in [1.29, 1.82) is 0 Å². The zero-order valence-corrected chi connectivity index (χ0v) is 12.4. The maximum absolute atomic E-state index is 12.0. The molecule has 1 saturated heterocycles. The van der Waals surface area contributed by atoms with E-state index in [9.17, 15) is 23.7 Å². The lowest BCUT2D eigenvalue weighted by Crippen LogP contribution is -2.59. The van der Waals surface area contributed by atoms with Crippen LogP contribution in [-0.2, 0) is 21.8 Å². The zero-order valence-electron chi connectivity index (χ0n) is 11.6. The number of ether oxygens (including phenoxy) is 1. The number of nitrogens with one attached hydrogen (secondary N) is 1. The fourth-order valence-electron chi connectivity index (χ4n) is 2.10. The summed E-state index contributed by atoms with van der Waals surface area (Å²) < 4.78 is 33.0. The molecule has 1 aliphatic heterocycles. The molecule has 1 fully saturated rings. The lowest BCUT2D eigenvalue weighted by molar-refractivity contribution is -0.214. The predicted molar refractivity (Wildman–Crippen MR) is 70.8 cm³/mol. The summed E-state index contributed by atoms with van der Waals surface area (Å²) in [6.45, 7) is 1.29. The van der Waals surface area contributed by atoms with Crippen LogP contribution in [0.15, 0.2) is 17.6 Å². The molecule has 0 aromatic carbocycles. The molecule has 0 radical (unpaired) electrons. The van der Waals surface area contributed by atoms with Gasteiger partial charge in [0.05, 0.1) is 12.4 Å². The molecule has 9 nitrogen and oxygen atoms in total. The highest BCUT2D eigenvalue weighted by atomic mass is 32.2. The Morgan fingerprint density at radius 3 is 2.57 bits per heavy atom. The van der Waals surface area contributed by atoms with Crippen LogP contribution in [0.4, 0.5) is 0 Å². The fraction of sp³-hybridized carbons (Fsp3) is 0.727. The first-order valence-corrected chi connectivity index (χ1v) is 7.88. The third kappa shape index (κ3) is 3.42. The van der Waals surface area contributed by atoms with Crippen molar-refractivity contribution in [2.24, 2.45) is 7.05 Å². The molecule has 0 bridgehead atoms. The van der Waals surface area contributed by atoms with E-state index in [-0.39, 0.29) is 11.6 Å². The normalized spacial score (nSPS) is 34.0. The summed E-state index contributed by atoms with van der Waals surface area (Å²) in [5.41, 5.74) is 0. The van der Waals surface area contributed by atoms with Crippen molar-refractivity contribution in [1.82, 2.24) is 14.3 Å². The monoisotopic (exact) mass is 321 g/mol. The second kappa shape index (κ2) is 5.99. The van der Waals surface area contributed by atoms with Crippen LogP contribution in [0.3, 0.4) is 0 Å². The van der Waals surface area contributed by atoms with Crippen LogP contribution in [0.5, 0.6) is 0 Å². The van der Waals surface area contributed by atoms with Gasteiger partial charge in [-0.15, -0.1) is 0 Å². The molecule has 0 amide bonds. The van der Waals surface area contributed by atoms with Gasteiger partial charge in [0.25, 0.3) is 10.0 Å². The van der Waals surface area contributed by atoms with E-state index in [1.807, 2.05) is 0 Å². The molecular weight excluding hydrogens is 302 g/mol. The van der Waals surface area contributed by atoms with E-state index in [2.05, 4.69) is 9.71 Å². The highest BCUT2D eigenvalue weighted by Crippen LogP contribution is 2.20. The van der Waals surface area contributed by atoms with E-state index in [4.69, 9.17) is 4.74 Å². The van der Waals surface area contributed by atoms with Crippen LogP contribution < -0.4 is 4.72 Å². The Morgan fingerprint density at radius 2 is 2.00 bits per heavy atom. The molecule has 0 aliphatic carbocycles. The highest BCUT2D eigenvalue weighted by Gasteiger charge is 2.41. The Kier molecular flexibility index (Phi) is 4.66. The van der Waals surface area contributed by atoms with Crippen LogP contribution >= 0.6 is 0 Å². The minimum absolute atomic E-state index is 0.149. The van der Waals surface area contributed by atoms with Gasteiger partial charge >= 0.3 is 0 Å². The Balaban J connectivity index is 2.02. The summed E-state index contributed by atoms with van der Waals surface area (Å²) in [4.78, 5) is 3.73. The van der Waals surface area contributed by atoms with Crippen molar-refractivity contribution in [3.8, 4) is 0 Å². The zero-order chi connectivity index (χ0) is 15.8. The number of aliphatic hydroxyl groups is 3. The number of imidazole rings is 1. The first-order valence-electron chi connectivity index (χ1n) is 6.39. The number of hydrogen-bond acceptors (Lipinski definition) is 7. The van der Waals surface area contributed by atoms with E-state index in [0.717, 1.165) is 0 Å². The smallest absolute Gasteiger partial charge is 0.259 e. The first-order chi connectivity index (χ1) is 9.72. The van der Waals surface area contributed by atoms with Crippen LogP contribution in [0.25, 0.3) is 0 Å². The van der Waals surface area contributed by atoms with Gasteiger partial charge < -0.3 is 24.6 Å². The molecule has 2 rings (SSSR count). The van der Waals surface area contributed by atoms with Gasteiger partial charge in [0.1, 0.15) is 24.4 Å². The van der Waals surface area contributed by atoms with E-state index >= 15 is 0 Å². The third-order valence-corrected chi connectivity index (χ3v) is 4.69. The van der Waals surface area contributed by atoms with Crippen molar-refractivity contribution in [3.05, 3.63) is 12.5 Å². The molecule has 4 N–H and O–H groups in total. The molecule has 1 aromatic rings. The van der Waals surface area contributed by atoms with Crippen molar-refractivity contribution in [2.75, 3.05) is 6.54 Å². The van der Waals surface area contributed by atoms with Crippen LogP contribution in [0, 0.1) is 0 Å². The van der Waals surface area contributed by atoms with Crippen LogP contribution in [-0.4, -0.2) is 70.4 Å². The second-order valence-electron chi connectivity index (χ2n) is 5.08. The maximum Gasteiger partial charge on any atom is 0.259 e. The average molecular weight is 321 g/mol. The fourth-order valence-corrected chi connectivity index (χ4v) is 3.12. The van der Waals surface area contributed by atoms with Crippen molar-refractivity contribution >= 4 is 10.0 Å². The van der Waals surface area contributed by atoms with E-state index < -0.39 is 40.5 Å². The minimum Gasteiger partial charge on any atom is -0.388 e. The SMILES string of the molecule is CC1OC(CNS(=O)(=O)c2cn(C)cn2)C(O)C(O)C1O. The van der Waals surface area contributed by atoms with Crippen molar-refractivity contribution in [3.63, 3.8) is 0 Å². The van der Waals surface area contributed by atoms with Gasteiger partial charge in [0, 0.05) is 19.8 Å². The summed E-state index contributed by atoms with van der Waals surface area (Å²) in [7, 11) is -2.19. The van der Waals surface area contributed by atoms with Gasteiger partial charge in [-0.1, -0.05) is 0 Å². The topological polar surface area (TPSA) is 134 Å². The summed E-state index contributed by atoms with van der Waals surface area (Å²) in [5.74, 6) is 0. The number of sulfonamides is 1. The molecule has 21 heavy (non-hydrogen) atoms. The first kappa shape index (κ1) is 16.3. The molecule has 0 saturated carbocycles. The summed E-state index contributed by atoms with van der Waals surface area (Å²) in [6, 6.07) is 0. The van der Waals surface area contributed by atoms with Gasteiger partial charge in [-0.3, -0.25) is 0 Å². The molecule has 1 aromatic heterocycles. The summed E-state index contributed by atoms with van der Waals surface area (Å²) >= 11 is 0. The lowest BCUT2D eigenvalue weighted by Gasteiger charge is -2.39. The molecule has 0 spiro atoms. The molecule has 5 atom stereocenters. The average Bonchev–Trinajstić information content (AvgIpc) is 2.86. The number of rotatable bonds is 4. The quantitative estimate of drug-likeness (QED) is 0.484. The predicted octanol–water partition coefficient (Wildman–Crippen LogP) is -2.43. The Bertz CT molecular complexity index is 589. The largest absolute Gasteiger partial charge is 0.388 e. The number of aliphatic hydroxyl groups excluding tert-OH is 3. The Morgan fingerprint density at radius 1 is 1.33 bits per heavy atom. The minimum atomic E-state index is -3.83. The van der Waals surface area contributed by atoms with E-state index in [1.54, 1.807) is 7.05 Å². The van der Waals surface area contributed by atoms with Crippen molar-refractivity contribution < 1.29 is 28.5 Å². The number of aromatic nitrogens is 2. The van der Waals surface area contributed by atoms with Crippen LogP contribution in [0.1, 0.15) is 6.92 Å². The molecule has 10 heteroatoms. The summed E-state index contributed by atoms with van der Waals surface area (Å²) in [6.07, 6.45) is -2.99. The molecule has 120 valence electrons. The number of nitrogens with zero attached hydrogens (tertiary/aromatic N) is 2. The molecule has 2 heterocycles. The van der Waals surface area contributed by atoms with Gasteiger partial charge in [0.15, 0.2) is 5.03 Å². The molecule has 1 aliphatic rings. The number of hydrogen-bond donors (Lipinski definition) is 4. The molecule has 5 unspecified atom stereocenters. The highest BCUT2D eigenvalue weighted by molar-refractivity contribution is 7.89.